The quantitative estimate of drug-likeness (QED) is 0.673. The number of nitrogens with zero attached hydrogens (tertiary/aromatic N) is 2. The fraction of sp³-hybridized carbons (Fsp3) is 0.0667. The predicted octanol–water partition coefficient (Wildman–Crippen LogP) is 3.16. The molecule has 4 nitrogen and oxygen atoms in total. The van der Waals surface area contributed by atoms with Crippen molar-refractivity contribution in [2.75, 3.05) is 0 Å². The highest BCUT2D eigenvalue weighted by molar-refractivity contribution is 5.73. The van der Waals surface area contributed by atoms with E-state index in [-0.39, 0.29) is 0 Å². The van der Waals surface area contributed by atoms with Crippen LogP contribution in [0.25, 0.3) is 22.5 Å². The molecule has 0 amide bonds. The molecule has 0 N–H and O–H groups in total. The fourth-order valence-electron chi connectivity index (χ4n) is 1.97. The van der Waals surface area contributed by atoms with Gasteiger partial charge in [-0.15, -0.1) is 0 Å². The number of aryl methyl sites for hydroxylation is 1. The minimum atomic E-state index is 0.339. The lowest BCUT2D eigenvalue weighted by Gasteiger charge is -2.00. The summed E-state index contributed by atoms with van der Waals surface area (Å²) in [5.74, 6) is 1.03. The van der Waals surface area contributed by atoms with Crippen molar-refractivity contribution in [3.05, 3.63) is 54.6 Å². The molecule has 2 heterocycles. The molecule has 4 heteroatoms. The average molecular weight is 252 g/mol. The van der Waals surface area contributed by atoms with Crippen molar-refractivity contribution in [3.63, 3.8) is 0 Å². The number of furan rings is 1. The van der Waals surface area contributed by atoms with Crippen LogP contribution in [-0.2, 0) is 7.05 Å². The third kappa shape index (κ3) is 2.20. The minimum absolute atomic E-state index is 0.339. The van der Waals surface area contributed by atoms with Gasteiger partial charge in [0.05, 0.1) is 6.20 Å². The van der Waals surface area contributed by atoms with E-state index in [2.05, 4.69) is 5.10 Å². The molecular weight excluding hydrogens is 240 g/mol. The van der Waals surface area contributed by atoms with Crippen LogP contribution in [-0.4, -0.2) is 16.1 Å². The van der Waals surface area contributed by atoms with E-state index in [1.807, 2.05) is 43.7 Å². The van der Waals surface area contributed by atoms with Gasteiger partial charge in [-0.25, -0.2) is 0 Å². The van der Waals surface area contributed by atoms with Gasteiger partial charge in [0.15, 0.2) is 12.0 Å². The Labute approximate surface area is 110 Å². The lowest BCUT2D eigenvalue weighted by molar-refractivity contribution is 0.110. The second-order valence-corrected chi connectivity index (χ2v) is 4.30. The van der Waals surface area contributed by atoms with Gasteiger partial charge < -0.3 is 4.42 Å². The Hall–Kier alpha value is -2.62. The molecule has 0 saturated heterocycles. The molecule has 19 heavy (non-hydrogen) atoms. The first-order valence-electron chi connectivity index (χ1n) is 5.91. The molecule has 0 unspecified atom stereocenters. The molecule has 0 fully saturated rings. The highest BCUT2D eigenvalue weighted by Gasteiger charge is 2.05. The molecule has 0 aliphatic rings. The second-order valence-electron chi connectivity index (χ2n) is 4.30. The Kier molecular flexibility index (Phi) is 2.76. The van der Waals surface area contributed by atoms with Gasteiger partial charge in [-0.05, 0) is 17.7 Å². The summed E-state index contributed by atoms with van der Waals surface area (Å²) >= 11 is 0. The molecule has 0 aliphatic carbocycles. The summed E-state index contributed by atoms with van der Waals surface area (Å²) < 4.78 is 7.15. The van der Waals surface area contributed by atoms with Crippen LogP contribution in [0, 0.1) is 0 Å². The Bertz CT molecular complexity index is 708. The van der Waals surface area contributed by atoms with Gasteiger partial charge in [-0.2, -0.15) is 5.10 Å². The zero-order chi connectivity index (χ0) is 13.2. The van der Waals surface area contributed by atoms with E-state index in [0.717, 1.165) is 16.7 Å². The van der Waals surface area contributed by atoms with Crippen LogP contribution in [0.15, 0.2) is 53.2 Å². The topological polar surface area (TPSA) is 48.0 Å². The summed E-state index contributed by atoms with van der Waals surface area (Å²) in [6.07, 6.45) is 4.49. The standard InChI is InChI=1S/C15H12N2O2/c1-17-9-13(8-16-17)11-2-4-12(5-3-11)15-7-6-14(10-18)19-15/h2-10H,1H3. The van der Waals surface area contributed by atoms with Gasteiger partial charge in [-0.3, -0.25) is 9.48 Å². The summed E-state index contributed by atoms with van der Waals surface area (Å²) in [5, 5.41) is 4.15. The monoisotopic (exact) mass is 252 g/mol. The van der Waals surface area contributed by atoms with Crippen molar-refractivity contribution in [1.29, 1.82) is 0 Å². The lowest BCUT2D eigenvalue weighted by Crippen LogP contribution is -1.84. The number of aromatic nitrogens is 2. The van der Waals surface area contributed by atoms with Crippen LogP contribution < -0.4 is 0 Å². The number of carbonyl (C=O) groups is 1. The van der Waals surface area contributed by atoms with Gasteiger partial charge >= 0.3 is 0 Å². The molecule has 0 atom stereocenters. The van der Waals surface area contributed by atoms with Gasteiger partial charge in [0.2, 0.25) is 0 Å². The molecular formula is C15H12N2O2. The minimum Gasteiger partial charge on any atom is -0.453 e. The smallest absolute Gasteiger partial charge is 0.185 e. The van der Waals surface area contributed by atoms with Gasteiger partial charge in [0, 0.05) is 24.4 Å². The van der Waals surface area contributed by atoms with E-state index >= 15 is 0 Å². The number of hydrogen-bond donors (Lipinski definition) is 0. The summed E-state index contributed by atoms with van der Waals surface area (Å²) in [7, 11) is 1.89. The lowest BCUT2D eigenvalue weighted by atomic mass is 10.1. The Morgan fingerprint density at radius 3 is 2.37 bits per heavy atom. The van der Waals surface area contributed by atoms with Gasteiger partial charge in [0.25, 0.3) is 0 Å². The summed E-state index contributed by atoms with van der Waals surface area (Å²) in [4.78, 5) is 10.6. The van der Waals surface area contributed by atoms with E-state index in [1.54, 1.807) is 16.8 Å². The van der Waals surface area contributed by atoms with Crippen molar-refractivity contribution >= 4 is 6.29 Å². The summed E-state index contributed by atoms with van der Waals surface area (Å²) in [5.41, 5.74) is 3.11. The van der Waals surface area contributed by atoms with Crippen molar-refractivity contribution in [2.45, 2.75) is 0 Å². The zero-order valence-corrected chi connectivity index (χ0v) is 10.4. The van der Waals surface area contributed by atoms with Crippen LogP contribution in [0.4, 0.5) is 0 Å². The summed E-state index contributed by atoms with van der Waals surface area (Å²) in [6, 6.07) is 11.4. The first kappa shape index (κ1) is 11.5. The molecule has 0 radical (unpaired) electrons. The maximum Gasteiger partial charge on any atom is 0.185 e. The SMILES string of the molecule is Cn1cc(-c2ccc(-c3ccc(C=O)o3)cc2)cn1. The molecule has 0 saturated carbocycles. The molecule has 94 valence electrons. The van der Waals surface area contributed by atoms with Crippen LogP contribution in [0.2, 0.25) is 0 Å². The highest BCUT2D eigenvalue weighted by atomic mass is 16.3. The molecule has 0 spiro atoms. The number of benzene rings is 1. The maximum atomic E-state index is 10.6. The van der Waals surface area contributed by atoms with E-state index < -0.39 is 0 Å². The molecule has 3 aromatic rings. The van der Waals surface area contributed by atoms with Gasteiger partial charge in [0.1, 0.15) is 5.76 Å². The fourth-order valence-corrected chi connectivity index (χ4v) is 1.97. The third-order valence-electron chi connectivity index (χ3n) is 2.95. The van der Waals surface area contributed by atoms with Crippen LogP contribution in [0.5, 0.6) is 0 Å². The first-order valence-corrected chi connectivity index (χ1v) is 5.91. The van der Waals surface area contributed by atoms with E-state index in [9.17, 15) is 4.79 Å². The average Bonchev–Trinajstić information content (AvgIpc) is 3.07. The second kappa shape index (κ2) is 4.57. The first-order chi connectivity index (χ1) is 9.26. The predicted molar refractivity (Wildman–Crippen MR) is 71.7 cm³/mol. The maximum absolute atomic E-state index is 10.6. The molecule has 3 rings (SSSR count). The third-order valence-corrected chi connectivity index (χ3v) is 2.95. The van der Waals surface area contributed by atoms with Crippen LogP contribution in [0.3, 0.4) is 0 Å². The van der Waals surface area contributed by atoms with Crippen molar-refractivity contribution in [3.8, 4) is 22.5 Å². The number of rotatable bonds is 3. The Balaban J connectivity index is 1.92. The van der Waals surface area contributed by atoms with Crippen molar-refractivity contribution in [1.82, 2.24) is 9.78 Å². The van der Waals surface area contributed by atoms with Crippen molar-refractivity contribution in [2.24, 2.45) is 7.05 Å². The highest BCUT2D eigenvalue weighted by Crippen LogP contribution is 2.25. The molecule has 0 bridgehead atoms. The van der Waals surface area contributed by atoms with Crippen LogP contribution in [0.1, 0.15) is 10.6 Å². The molecule has 2 aromatic heterocycles. The van der Waals surface area contributed by atoms with Crippen molar-refractivity contribution < 1.29 is 9.21 Å². The number of aldehydes is 1. The van der Waals surface area contributed by atoms with E-state index in [0.29, 0.717) is 17.8 Å². The van der Waals surface area contributed by atoms with E-state index in [4.69, 9.17) is 4.42 Å². The van der Waals surface area contributed by atoms with Crippen LogP contribution >= 0.6 is 0 Å². The normalized spacial score (nSPS) is 10.6. The summed E-state index contributed by atoms with van der Waals surface area (Å²) in [6.45, 7) is 0. The number of carbonyl (C=O) groups excluding carboxylic acids is 1. The Morgan fingerprint density at radius 2 is 1.79 bits per heavy atom. The molecule has 0 aliphatic heterocycles. The van der Waals surface area contributed by atoms with Gasteiger partial charge in [-0.1, -0.05) is 24.3 Å². The zero-order valence-electron chi connectivity index (χ0n) is 10.4. The Morgan fingerprint density at radius 1 is 1.05 bits per heavy atom. The van der Waals surface area contributed by atoms with E-state index in [1.165, 1.54) is 0 Å². The number of hydrogen-bond acceptors (Lipinski definition) is 3. The largest absolute Gasteiger partial charge is 0.453 e. The molecule has 1 aromatic carbocycles.